The number of nitrogens with zero attached hydrogens (tertiary/aromatic N) is 13. The summed E-state index contributed by atoms with van der Waals surface area (Å²) >= 11 is 31.7. The number of aromatic nitrogens is 13. The molecule has 6 N–H and O–H groups in total. The van der Waals surface area contributed by atoms with Gasteiger partial charge in [0.2, 0.25) is 17.8 Å². The van der Waals surface area contributed by atoms with Crippen molar-refractivity contribution in [3.8, 4) is 56.3 Å². The standard InChI is InChI=1S/2C18H12ClN5.C15H17BClNO2.C9H5BrClN.C9H7BrN4/c2*19-14-10-13(9-12-7-4-8-21-15(12)14)17-16(22-18(20)24-23-17)11-5-2-1-3-6-11;1-14(2)15(3,4)20-16(19-14)11-8-10-6-5-7-18-13(10)12(17)9-11;10-7-4-6-2-1-3-12-9(6)8(11)5-7;10-8-7(12-9(11)14-13-8)6-4-2-1-3-5-6/h2*1-10H,(H2,20,22,24);5-9H,1-4H3;1-5H;1-5H,(H2,11,12,14). The zero-order valence-corrected chi connectivity index (χ0v) is 56.6. The first kappa shape index (κ1) is 66.2. The summed E-state index contributed by atoms with van der Waals surface area (Å²) in [6, 6.07) is 59.9. The number of benzene rings is 7. The highest BCUT2D eigenvalue weighted by atomic mass is 79.9. The molecular weight excluding hydrogens is 1400 g/mol. The lowest BCUT2D eigenvalue weighted by Crippen LogP contribution is -2.41. The Morgan fingerprint density at radius 2 is 0.691 bits per heavy atom. The largest absolute Gasteiger partial charge is 0.494 e. The third-order valence-corrected chi connectivity index (χ3v) is 17.0. The monoisotopic (exact) mass is 1450 g/mol. The highest BCUT2D eigenvalue weighted by Gasteiger charge is 2.51. The number of anilines is 3. The van der Waals surface area contributed by atoms with Gasteiger partial charge in [-0.1, -0.05) is 184 Å². The van der Waals surface area contributed by atoms with E-state index in [0.29, 0.717) is 53.2 Å². The first-order chi connectivity index (χ1) is 45.3. The highest BCUT2D eigenvalue weighted by Crippen LogP contribution is 2.39. The molecule has 7 aromatic carbocycles. The minimum absolute atomic E-state index is 0.131. The van der Waals surface area contributed by atoms with Crippen LogP contribution in [0, 0.1) is 0 Å². The van der Waals surface area contributed by atoms with Crippen molar-refractivity contribution in [2.75, 3.05) is 17.2 Å². The molecule has 0 aliphatic carbocycles. The fourth-order valence-electron chi connectivity index (χ4n) is 9.73. The van der Waals surface area contributed by atoms with E-state index in [-0.39, 0.29) is 29.0 Å². The van der Waals surface area contributed by atoms with E-state index in [1.54, 1.807) is 24.8 Å². The van der Waals surface area contributed by atoms with E-state index in [0.717, 1.165) is 81.4 Å². The Balaban J connectivity index is 0.000000123. The first-order valence-electron chi connectivity index (χ1n) is 28.8. The molecule has 1 saturated heterocycles. The fraction of sp³-hybridized carbons (Fsp3) is 0.0870. The minimum atomic E-state index is -0.401. The van der Waals surface area contributed by atoms with Gasteiger partial charge >= 0.3 is 7.12 Å². The summed E-state index contributed by atoms with van der Waals surface area (Å²) in [7, 11) is -0.401. The Morgan fingerprint density at radius 3 is 1.11 bits per heavy atom. The molecule has 15 rings (SSSR count). The van der Waals surface area contributed by atoms with E-state index < -0.39 is 7.12 Å². The van der Waals surface area contributed by atoms with Gasteiger partial charge in [-0.3, -0.25) is 19.9 Å². The molecule has 0 radical (unpaired) electrons. The maximum atomic E-state index is 6.39. The second kappa shape index (κ2) is 29.3. The van der Waals surface area contributed by atoms with Crippen molar-refractivity contribution in [2.45, 2.75) is 38.9 Å². The van der Waals surface area contributed by atoms with Crippen molar-refractivity contribution in [3.63, 3.8) is 0 Å². The average molecular weight is 1450 g/mol. The highest BCUT2D eigenvalue weighted by molar-refractivity contribution is 9.10. The fourth-order valence-corrected chi connectivity index (χ4v) is 11.8. The lowest BCUT2D eigenvalue weighted by molar-refractivity contribution is 0.00578. The lowest BCUT2D eigenvalue weighted by atomic mass is 9.78. The van der Waals surface area contributed by atoms with Crippen molar-refractivity contribution in [1.82, 2.24) is 65.5 Å². The van der Waals surface area contributed by atoms with Crippen LogP contribution in [0.2, 0.25) is 20.1 Å². The molecule has 466 valence electrons. The molecule has 0 amide bonds. The number of pyridine rings is 4. The SMILES string of the molecule is CC1(C)OB(c2cc(Cl)c3ncccc3c2)OC1(C)C.Clc1cc(Br)cc2cccnc12.Nc1nnc(-c2cc(Cl)c3ncccc3c2)c(-c2ccccc2)n1.Nc1nnc(-c2cc(Cl)c3ncccc3c2)c(-c2ccccc2)n1.Nc1nnc(Br)c(-c2ccccc2)n1. The van der Waals surface area contributed by atoms with Gasteiger partial charge in [-0.05, 0) is 116 Å². The number of nitrogen functional groups attached to an aromatic ring is 3. The zero-order chi connectivity index (χ0) is 66.1. The number of rotatable bonds is 6. The van der Waals surface area contributed by atoms with Crippen LogP contribution in [0.4, 0.5) is 17.8 Å². The summed E-state index contributed by atoms with van der Waals surface area (Å²) in [5.74, 6) is 0.435. The van der Waals surface area contributed by atoms with E-state index in [1.807, 2.05) is 216 Å². The summed E-state index contributed by atoms with van der Waals surface area (Å²) in [4.78, 5) is 29.9. The third-order valence-electron chi connectivity index (χ3n) is 14.9. The molecule has 0 spiro atoms. The van der Waals surface area contributed by atoms with E-state index in [4.69, 9.17) is 72.9 Å². The van der Waals surface area contributed by atoms with Gasteiger partial charge in [-0.15, -0.1) is 30.6 Å². The van der Waals surface area contributed by atoms with Crippen molar-refractivity contribution < 1.29 is 9.31 Å². The van der Waals surface area contributed by atoms with Gasteiger partial charge in [-0.25, -0.2) is 15.0 Å². The van der Waals surface area contributed by atoms with Crippen LogP contribution in [-0.2, 0) is 9.31 Å². The Labute approximate surface area is 577 Å². The number of hydrogen-bond donors (Lipinski definition) is 3. The molecule has 8 heterocycles. The second-order valence-electron chi connectivity index (χ2n) is 21.8. The van der Waals surface area contributed by atoms with Gasteiger partial charge in [0, 0.05) is 78.6 Å². The van der Waals surface area contributed by atoms with Gasteiger partial charge < -0.3 is 26.5 Å². The molecular formula is C69H53BBr2Cl4N16O2. The third kappa shape index (κ3) is 15.5. The molecule has 0 unspecified atom stereocenters. The van der Waals surface area contributed by atoms with Crippen LogP contribution in [0.25, 0.3) is 99.9 Å². The lowest BCUT2D eigenvalue weighted by Gasteiger charge is -2.32. The number of hydrogen-bond acceptors (Lipinski definition) is 18. The molecule has 14 aromatic rings. The minimum Gasteiger partial charge on any atom is -0.399 e. The maximum Gasteiger partial charge on any atom is 0.494 e. The molecule has 18 nitrogen and oxygen atoms in total. The summed E-state index contributed by atoms with van der Waals surface area (Å²) in [5.41, 5.74) is 28.0. The molecule has 25 heteroatoms. The first-order valence-corrected chi connectivity index (χ1v) is 31.9. The predicted octanol–water partition coefficient (Wildman–Crippen LogP) is 16.7. The Bertz CT molecular complexity index is 4860. The molecule has 94 heavy (non-hydrogen) atoms. The Hall–Kier alpha value is -9.29. The normalized spacial score (nSPS) is 12.8. The summed E-state index contributed by atoms with van der Waals surface area (Å²) in [6.45, 7) is 8.16. The van der Waals surface area contributed by atoms with Gasteiger partial charge in [0.15, 0.2) is 4.60 Å². The van der Waals surface area contributed by atoms with E-state index in [2.05, 4.69) is 97.3 Å². The number of halogens is 6. The van der Waals surface area contributed by atoms with Crippen molar-refractivity contribution >= 4 is 152 Å². The van der Waals surface area contributed by atoms with Gasteiger partial charge in [0.25, 0.3) is 0 Å². The molecule has 0 atom stereocenters. The van der Waals surface area contributed by atoms with E-state index in [1.165, 1.54) is 0 Å². The zero-order valence-electron chi connectivity index (χ0n) is 50.4. The Morgan fingerprint density at radius 1 is 0.351 bits per heavy atom. The van der Waals surface area contributed by atoms with Crippen LogP contribution in [0.3, 0.4) is 0 Å². The quantitative estimate of drug-likeness (QED) is 0.131. The number of nitrogens with two attached hydrogens (primary N) is 3. The molecule has 1 aliphatic rings. The van der Waals surface area contributed by atoms with E-state index in [9.17, 15) is 0 Å². The Kier molecular flexibility index (Phi) is 20.7. The summed E-state index contributed by atoms with van der Waals surface area (Å²) in [6.07, 6.45) is 6.91. The average Bonchev–Trinajstić information content (AvgIpc) is 1.48. The topological polar surface area (TPSA) is 264 Å². The smallest absolute Gasteiger partial charge is 0.399 e. The van der Waals surface area contributed by atoms with Crippen LogP contribution >= 0.6 is 78.3 Å². The van der Waals surface area contributed by atoms with E-state index >= 15 is 0 Å². The maximum absolute atomic E-state index is 6.39. The molecule has 1 aliphatic heterocycles. The second-order valence-corrected chi connectivity index (χ2v) is 25.1. The molecule has 7 aromatic heterocycles. The van der Waals surface area contributed by atoms with Crippen LogP contribution in [-0.4, -0.2) is 83.8 Å². The van der Waals surface area contributed by atoms with Crippen molar-refractivity contribution in [1.29, 1.82) is 0 Å². The van der Waals surface area contributed by atoms with Crippen LogP contribution in [0.15, 0.2) is 222 Å². The molecule has 0 bridgehead atoms. The summed E-state index contributed by atoms with van der Waals surface area (Å²) < 4.78 is 13.7. The van der Waals surface area contributed by atoms with Crippen LogP contribution in [0.5, 0.6) is 0 Å². The number of fused-ring (bicyclic) bond motifs is 4. The van der Waals surface area contributed by atoms with Gasteiger partial charge in [-0.2, -0.15) is 0 Å². The van der Waals surface area contributed by atoms with Crippen molar-refractivity contribution in [3.05, 3.63) is 242 Å². The summed E-state index contributed by atoms with van der Waals surface area (Å²) in [5, 5.41) is 30.1. The van der Waals surface area contributed by atoms with Crippen LogP contribution < -0.4 is 22.7 Å². The molecule has 1 fully saturated rings. The van der Waals surface area contributed by atoms with Gasteiger partial charge in [0.05, 0.1) is 53.4 Å². The van der Waals surface area contributed by atoms with Gasteiger partial charge in [0.1, 0.15) is 28.5 Å². The molecule has 0 saturated carbocycles. The predicted molar refractivity (Wildman–Crippen MR) is 385 cm³/mol. The van der Waals surface area contributed by atoms with Crippen molar-refractivity contribution in [2.24, 2.45) is 0 Å². The van der Waals surface area contributed by atoms with Crippen LogP contribution in [0.1, 0.15) is 27.7 Å².